The van der Waals surface area contributed by atoms with Crippen LogP contribution in [-0.2, 0) is 10.2 Å². The lowest BCUT2D eigenvalue weighted by Gasteiger charge is -2.45. The van der Waals surface area contributed by atoms with Crippen LogP contribution in [-0.4, -0.2) is 16.2 Å². The largest absolute Gasteiger partial charge is 0.508 e. The average molecular weight is 310 g/mol. The van der Waals surface area contributed by atoms with Crippen molar-refractivity contribution in [2.45, 2.75) is 31.1 Å². The number of carboxylic acid groups (broad SMARTS) is 1. The van der Waals surface area contributed by atoms with E-state index in [0.717, 1.165) is 23.8 Å². The van der Waals surface area contributed by atoms with Gasteiger partial charge in [-0.15, -0.1) is 0 Å². The minimum Gasteiger partial charge on any atom is -0.508 e. The molecular formula is C20H22O3. The molecule has 120 valence electrons. The third kappa shape index (κ3) is 1.68. The Balaban J connectivity index is 1.59. The first-order valence-corrected chi connectivity index (χ1v) is 8.78. The van der Waals surface area contributed by atoms with Crippen LogP contribution < -0.4 is 0 Å². The molecule has 0 radical (unpaired) electrons. The van der Waals surface area contributed by atoms with E-state index >= 15 is 0 Å². The van der Waals surface area contributed by atoms with Crippen molar-refractivity contribution in [1.29, 1.82) is 0 Å². The number of hydrogen-bond donors (Lipinski definition) is 2. The highest BCUT2D eigenvalue weighted by molar-refractivity contribution is 5.69. The van der Waals surface area contributed by atoms with Gasteiger partial charge in [-0.2, -0.15) is 0 Å². The Labute approximate surface area is 136 Å². The summed E-state index contributed by atoms with van der Waals surface area (Å²) < 4.78 is 0. The van der Waals surface area contributed by atoms with E-state index in [1.54, 1.807) is 12.1 Å². The minimum absolute atomic E-state index is 0.225. The number of benzene rings is 1. The zero-order valence-corrected chi connectivity index (χ0v) is 13.1. The molecule has 5 rings (SSSR count). The van der Waals surface area contributed by atoms with Crippen molar-refractivity contribution in [3.63, 3.8) is 0 Å². The summed E-state index contributed by atoms with van der Waals surface area (Å²) in [7, 11) is 0. The number of phenolic OH excluding ortho intramolecular Hbond substituents is 1. The summed E-state index contributed by atoms with van der Waals surface area (Å²) in [5.74, 6) is 3.62. The molecule has 7 unspecified atom stereocenters. The lowest BCUT2D eigenvalue weighted by molar-refractivity contribution is -0.139. The molecule has 0 amide bonds. The first-order chi connectivity index (χ1) is 11.1. The molecule has 3 nitrogen and oxygen atoms in total. The Morgan fingerprint density at radius 2 is 1.78 bits per heavy atom. The van der Waals surface area contributed by atoms with Crippen molar-refractivity contribution in [2.75, 3.05) is 0 Å². The van der Waals surface area contributed by atoms with E-state index in [-0.39, 0.29) is 17.6 Å². The molecular weight excluding hydrogens is 288 g/mol. The van der Waals surface area contributed by atoms with Crippen LogP contribution in [0.3, 0.4) is 0 Å². The molecule has 0 spiro atoms. The fourth-order valence-electron chi connectivity index (χ4n) is 6.90. The Morgan fingerprint density at radius 3 is 2.48 bits per heavy atom. The van der Waals surface area contributed by atoms with Crippen LogP contribution in [0.2, 0.25) is 0 Å². The predicted molar refractivity (Wildman–Crippen MR) is 86.0 cm³/mol. The molecule has 3 heteroatoms. The molecule has 1 aromatic rings. The van der Waals surface area contributed by atoms with Gasteiger partial charge in [-0.1, -0.05) is 24.3 Å². The van der Waals surface area contributed by atoms with E-state index in [1.165, 1.54) is 12.8 Å². The lowest BCUT2D eigenvalue weighted by Crippen LogP contribution is -2.43. The molecule has 4 bridgehead atoms. The van der Waals surface area contributed by atoms with Crippen molar-refractivity contribution in [3.05, 3.63) is 42.0 Å². The summed E-state index contributed by atoms with van der Waals surface area (Å²) in [6.45, 7) is 0. The first kappa shape index (κ1) is 13.6. The highest BCUT2D eigenvalue weighted by atomic mass is 16.4. The van der Waals surface area contributed by atoms with Crippen LogP contribution in [0.4, 0.5) is 0 Å². The van der Waals surface area contributed by atoms with Gasteiger partial charge in [0.15, 0.2) is 0 Å². The summed E-state index contributed by atoms with van der Waals surface area (Å²) in [5.41, 5.74) is 0.888. The summed E-state index contributed by atoms with van der Waals surface area (Å²) in [6, 6.07) is 7.33. The van der Waals surface area contributed by atoms with Gasteiger partial charge >= 0.3 is 5.97 Å². The summed E-state index contributed by atoms with van der Waals surface area (Å²) in [6.07, 6.45) is 8.54. The number of carboxylic acids is 1. The number of aromatic hydroxyl groups is 1. The third-order valence-corrected chi connectivity index (χ3v) is 7.39. The zero-order valence-electron chi connectivity index (χ0n) is 13.1. The molecule has 1 aromatic carbocycles. The topological polar surface area (TPSA) is 57.5 Å². The van der Waals surface area contributed by atoms with Crippen molar-refractivity contribution < 1.29 is 15.0 Å². The Kier molecular flexibility index (Phi) is 2.61. The van der Waals surface area contributed by atoms with E-state index in [1.807, 2.05) is 12.1 Å². The second-order valence-electron chi connectivity index (χ2n) is 8.18. The molecule has 4 aliphatic carbocycles. The molecule has 0 heterocycles. The van der Waals surface area contributed by atoms with Crippen molar-refractivity contribution >= 4 is 5.97 Å². The summed E-state index contributed by atoms with van der Waals surface area (Å²) in [4.78, 5) is 11.7. The van der Waals surface area contributed by atoms with Gasteiger partial charge in [-0.25, -0.2) is 0 Å². The van der Waals surface area contributed by atoms with Gasteiger partial charge < -0.3 is 10.2 Å². The molecule has 2 N–H and O–H groups in total. The molecule has 23 heavy (non-hydrogen) atoms. The number of hydrogen-bond acceptors (Lipinski definition) is 2. The zero-order chi connectivity index (χ0) is 15.8. The van der Waals surface area contributed by atoms with Crippen LogP contribution in [0, 0.1) is 35.5 Å². The second kappa shape index (κ2) is 4.40. The first-order valence-electron chi connectivity index (χ1n) is 8.78. The normalized spacial score (nSPS) is 45.6. The quantitative estimate of drug-likeness (QED) is 0.662. The molecule has 0 aromatic heterocycles. The van der Waals surface area contributed by atoms with Crippen LogP contribution >= 0.6 is 0 Å². The molecule has 3 saturated carbocycles. The van der Waals surface area contributed by atoms with Gasteiger partial charge in [0.2, 0.25) is 0 Å². The molecule has 4 aliphatic rings. The van der Waals surface area contributed by atoms with Gasteiger partial charge in [0, 0.05) is 5.41 Å². The fraction of sp³-hybridized carbons (Fsp3) is 0.550. The monoisotopic (exact) mass is 310 g/mol. The van der Waals surface area contributed by atoms with Gasteiger partial charge in [0.05, 0.1) is 6.42 Å². The van der Waals surface area contributed by atoms with E-state index in [4.69, 9.17) is 0 Å². The Morgan fingerprint density at radius 1 is 1.09 bits per heavy atom. The third-order valence-electron chi connectivity index (χ3n) is 7.39. The maximum atomic E-state index is 11.7. The fourth-order valence-corrected chi connectivity index (χ4v) is 6.90. The number of aliphatic carboxylic acids is 1. The van der Waals surface area contributed by atoms with Crippen LogP contribution in [0.25, 0.3) is 0 Å². The number of carbonyl (C=O) groups is 1. The molecule has 7 atom stereocenters. The maximum Gasteiger partial charge on any atom is 0.304 e. The number of allylic oxidation sites excluding steroid dienone is 2. The lowest BCUT2D eigenvalue weighted by atomic mass is 9.58. The van der Waals surface area contributed by atoms with Crippen molar-refractivity contribution in [3.8, 4) is 5.75 Å². The van der Waals surface area contributed by atoms with Gasteiger partial charge in [-0.3, -0.25) is 4.79 Å². The standard InChI is InChI=1S/C20H22O3/c21-15-5-3-14(4-6-15)20(10-17(22)23)9-13-8-16(20)19-12-2-1-11(7-12)18(13)19/h1-6,11-13,16,18-19,21H,7-10H2,(H,22,23). The number of phenols is 1. The van der Waals surface area contributed by atoms with Crippen LogP contribution in [0.15, 0.2) is 36.4 Å². The SMILES string of the molecule is O=C(O)CC1(c2ccc(O)cc2)CC2CC1C1C3C=CC(C3)C21. The number of fused-ring (bicyclic) bond motifs is 9. The molecule has 3 fully saturated rings. The maximum absolute atomic E-state index is 11.7. The van der Waals surface area contributed by atoms with Crippen LogP contribution in [0.1, 0.15) is 31.2 Å². The summed E-state index contributed by atoms with van der Waals surface area (Å²) in [5, 5.41) is 19.2. The van der Waals surface area contributed by atoms with Crippen LogP contribution in [0.5, 0.6) is 5.75 Å². The Hall–Kier alpha value is -1.77. The second-order valence-corrected chi connectivity index (χ2v) is 8.18. The van der Waals surface area contributed by atoms with Crippen molar-refractivity contribution in [1.82, 2.24) is 0 Å². The van der Waals surface area contributed by atoms with E-state index in [9.17, 15) is 15.0 Å². The highest BCUT2D eigenvalue weighted by Gasteiger charge is 2.66. The smallest absolute Gasteiger partial charge is 0.304 e. The molecule has 0 saturated heterocycles. The predicted octanol–water partition coefficient (Wildman–Crippen LogP) is 3.58. The van der Waals surface area contributed by atoms with E-state index in [2.05, 4.69) is 12.2 Å². The Bertz CT molecular complexity index is 691. The van der Waals surface area contributed by atoms with Gasteiger partial charge in [0.1, 0.15) is 5.75 Å². The van der Waals surface area contributed by atoms with Crippen molar-refractivity contribution in [2.24, 2.45) is 35.5 Å². The average Bonchev–Trinajstić information content (AvgIpc) is 3.25. The minimum atomic E-state index is -0.694. The van der Waals surface area contributed by atoms with Gasteiger partial charge in [0.25, 0.3) is 0 Å². The van der Waals surface area contributed by atoms with E-state index < -0.39 is 5.97 Å². The highest BCUT2D eigenvalue weighted by Crippen LogP contribution is 2.71. The van der Waals surface area contributed by atoms with Gasteiger partial charge in [-0.05, 0) is 72.5 Å². The molecule has 0 aliphatic heterocycles. The summed E-state index contributed by atoms with van der Waals surface area (Å²) >= 11 is 0. The number of rotatable bonds is 3. The van der Waals surface area contributed by atoms with E-state index in [0.29, 0.717) is 23.7 Å².